The van der Waals surface area contributed by atoms with Crippen molar-refractivity contribution in [1.82, 2.24) is 10.3 Å². The van der Waals surface area contributed by atoms with Crippen molar-refractivity contribution in [1.29, 1.82) is 0 Å². The monoisotopic (exact) mass is 293 g/mol. The normalized spacial score (nSPS) is 11.0. The Labute approximate surface area is 125 Å². The SMILES string of the molecule is CC(C)C(CNC(=O)Nc1cccnc1C(=O)O)C(C)C. The first kappa shape index (κ1) is 16.9. The van der Waals surface area contributed by atoms with E-state index in [1.54, 1.807) is 6.07 Å². The van der Waals surface area contributed by atoms with Gasteiger partial charge in [0, 0.05) is 12.7 Å². The first-order valence-electron chi connectivity index (χ1n) is 7.06. The third kappa shape index (κ3) is 5.06. The van der Waals surface area contributed by atoms with Crippen molar-refractivity contribution < 1.29 is 14.7 Å². The number of anilines is 1. The zero-order valence-electron chi connectivity index (χ0n) is 12.9. The maximum absolute atomic E-state index is 11.9. The molecule has 0 fully saturated rings. The van der Waals surface area contributed by atoms with Gasteiger partial charge in [0.25, 0.3) is 0 Å². The largest absolute Gasteiger partial charge is 0.476 e. The molecule has 0 unspecified atom stereocenters. The van der Waals surface area contributed by atoms with Crippen LogP contribution >= 0.6 is 0 Å². The summed E-state index contributed by atoms with van der Waals surface area (Å²) in [5.74, 6) is 0.105. The van der Waals surface area contributed by atoms with Crippen LogP contribution in [0.2, 0.25) is 0 Å². The molecule has 0 aliphatic heterocycles. The van der Waals surface area contributed by atoms with E-state index in [-0.39, 0.29) is 11.4 Å². The zero-order valence-corrected chi connectivity index (χ0v) is 12.9. The first-order chi connectivity index (χ1) is 9.82. The molecule has 0 aliphatic rings. The lowest BCUT2D eigenvalue weighted by atomic mass is 9.85. The van der Waals surface area contributed by atoms with E-state index in [1.807, 2.05) is 0 Å². The summed E-state index contributed by atoms with van der Waals surface area (Å²) in [5, 5.41) is 14.3. The number of aromatic nitrogens is 1. The number of hydrogen-bond acceptors (Lipinski definition) is 3. The highest BCUT2D eigenvalue weighted by Crippen LogP contribution is 2.19. The smallest absolute Gasteiger partial charge is 0.356 e. The molecular formula is C15H23N3O3. The van der Waals surface area contributed by atoms with E-state index in [9.17, 15) is 9.59 Å². The van der Waals surface area contributed by atoms with Crippen LogP contribution in [0.4, 0.5) is 10.5 Å². The molecule has 0 spiro atoms. The van der Waals surface area contributed by atoms with Gasteiger partial charge < -0.3 is 15.7 Å². The lowest BCUT2D eigenvalue weighted by molar-refractivity contribution is 0.0691. The van der Waals surface area contributed by atoms with Gasteiger partial charge in [-0.15, -0.1) is 0 Å². The van der Waals surface area contributed by atoms with E-state index in [2.05, 4.69) is 43.3 Å². The van der Waals surface area contributed by atoms with Crippen molar-refractivity contribution in [2.75, 3.05) is 11.9 Å². The second-order valence-electron chi connectivity index (χ2n) is 5.69. The van der Waals surface area contributed by atoms with Crippen LogP contribution in [0.25, 0.3) is 0 Å². The Morgan fingerprint density at radius 2 is 1.86 bits per heavy atom. The average Bonchev–Trinajstić information content (AvgIpc) is 2.38. The van der Waals surface area contributed by atoms with Gasteiger partial charge in [-0.2, -0.15) is 0 Å². The minimum absolute atomic E-state index is 0.170. The number of carboxylic acids is 1. The Bertz CT molecular complexity index is 493. The minimum atomic E-state index is -1.17. The summed E-state index contributed by atoms with van der Waals surface area (Å²) in [4.78, 5) is 26.6. The van der Waals surface area contributed by atoms with Gasteiger partial charge in [0.2, 0.25) is 0 Å². The number of nitrogens with zero attached hydrogens (tertiary/aromatic N) is 1. The molecule has 6 nitrogen and oxygen atoms in total. The molecule has 21 heavy (non-hydrogen) atoms. The fraction of sp³-hybridized carbons (Fsp3) is 0.533. The Hall–Kier alpha value is -2.11. The molecule has 0 aromatic carbocycles. The van der Waals surface area contributed by atoms with Crippen LogP contribution < -0.4 is 10.6 Å². The highest BCUT2D eigenvalue weighted by Gasteiger charge is 2.19. The van der Waals surface area contributed by atoms with E-state index in [1.165, 1.54) is 12.3 Å². The Kier molecular flexibility index (Phi) is 6.14. The van der Waals surface area contributed by atoms with Crippen LogP contribution in [0.1, 0.15) is 38.2 Å². The molecule has 0 saturated heterocycles. The maximum atomic E-state index is 11.9. The second kappa shape index (κ2) is 7.61. The molecule has 1 heterocycles. The fourth-order valence-corrected chi connectivity index (χ4v) is 2.29. The van der Waals surface area contributed by atoms with Crippen molar-refractivity contribution in [3.63, 3.8) is 0 Å². The molecule has 1 aromatic rings. The topological polar surface area (TPSA) is 91.3 Å². The van der Waals surface area contributed by atoms with Gasteiger partial charge in [-0.25, -0.2) is 14.6 Å². The van der Waals surface area contributed by atoms with Gasteiger partial charge in [-0.05, 0) is 29.9 Å². The number of carbonyl (C=O) groups excluding carboxylic acids is 1. The number of carboxylic acid groups (broad SMARTS) is 1. The van der Waals surface area contributed by atoms with E-state index in [0.29, 0.717) is 24.3 Å². The third-order valence-electron chi connectivity index (χ3n) is 3.47. The molecule has 0 atom stereocenters. The number of carbonyl (C=O) groups is 2. The Morgan fingerprint density at radius 3 is 2.38 bits per heavy atom. The van der Waals surface area contributed by atoms with Crippen LogP contribution in [0.3, 0.4) is 0 Å². The summed E-state index contributed by atoms with van der Waals surface area (Å²) in [5.41, 5.74) is 0.0186. The molecule has 3 N–H and O–H groups in total. The number of aromatic carboxylic acids is 1. The fourth-order valence-electron chi connectivity index (χ4n) is 2.29. The molecule has 0 bridgehead atoms. The minimum Gasteiger partial charge on any atom is -0.476 e. The molecule has 1 aromatic heterocycles. The van der Waals surface area contributed by atoms with Crippen molar-refractivity contribution in [3.05, 3.63) is 24.0 Å². The van der Waals surface area contributed by atoms with Gasteiger partial charge in [0.15, 0.2) is 5.69 Å². The molecule has 0 radical (unpaired) electrons. The van der Waals surface area contributed by atoms with E-state index in [4.69, 9.17) is 5.11 Å². The number of nitrogens with one attached hydrogen (secondary N) is 2. The maximum Gasteiger partial charge on any atom is 0.356 e. The van der Waals surface area contributed by atoms with Gasteiger partial charge in [0.1, 0.15) is 0 Å². The van der Waals surface area contributed by atoms with Crippen LogP contribution in [0.5, 0.6) is 0 Å². The molecule has 1 rings (SSSR count). The highest BCUT2D eigenvalue weighted by atomic mass is 16.4. The average molecular weight is 293 g/mol. The summed E-state index contributed by atoms with van der Waals surface area (Å²) in [6.45, 7) is 9.02. The quantitative estimate of drug-likeness (QED) is 0.752. The predicted molar refractivity (Wildman–Crippen MR) is 81.4 cm³/mol. The molecule has 0 saturated carbocycles. The number of urea groups is 1. The summed E-state index contributed by atoms with van der Waals surface area (Å²) < 4.78 is 0. The number of hydrogen-bond donors (Lipinski definition) is 3. The summed E-state index contributed by atoms with van der Waals surface area (Å²) in [6.07, 6.45) is 1.38. The van der Waals surface area contributed by atoms with Crippen LogP contribution in [-0.2, 0) is 0 Å². The van der Waals surface area contributed by atoms with Gasteiger partial charge >= 0.3 is 12.0 Å². The molecule has 0 aliphatic carbocycles. The zero-order chi connectivity index (χ0) is 16.0. The third-order valence-corrected chi connectivity index (χ3v) is 3.47. The molecular weight excluding hydrogens is 270 g/mol. The summed E-state index contributed by atoms with van der Waals surface area (Å²) in [6, 6.07) is 2.67. The van der Waals surface area contributed by atoms with Gasteiger partial charge in [-0.1, -0.05) is 27.7 Å². The summed E-state index contributed by atoms with van der Waals surface area (Å²) >= 11 is 0. The van der Waals surface area contributed by atoms with Crippen LogP contribution in [-0.4, -0.2) is 28.6 Å². The lowest BCUT2D eigenvalue weighted by Crippen LogP contribution is -2.36. The first-order valence-corrected chi connectivity index (χ1v) is 7.06. The van der Waals surface area contributed by atoms with E-state index < -0.39 is 12.0 Å². The molecule has 6 heteroatoms. The number of pyridine rings is 1. The number of amides is 2. The van der Waals surface area contributed by atoms with Crippen molar-refractivity contribution in [2.45, 2.75) is 27.7 Å². The highest BCUT2D eigenvalue weighted by molar-refractivity contribution is 5.98. The Morgan fingerprint density at radius 1 is 1.24 bits per heavy atom. The van der Waals surface area contributed by atoms with Crippen LogP contribution in [0, 0.1) is 17.8 Å². The van der Waals surface area contributed by atoms with E-state index in [0.717, 1.165) is 0 Å². The molecule has 2 amide bonds. The molecule has 116 valence electrons. The Balaban J connectivity index is 2.64. The number of rotatable bonds is 6. The predicted octanol–water partition coefficient (Wildman–Crippen LogP) is 2.83. The second-order valence-corrected chi connectivity index (χ2v) is 5.69. The van der Waals surface area contributed by atoms with Crippen molar-refractivity contribution >= 4 is 17.7 Å². The summed E-state index contributed by atoms with van der Waals surface area (Å²) in [7, 11) is 0. The standard InChI is InChI=1S/C15H23N3O3/c1-9(2)11(10(3)4)8-17-15(21)18-12-6-5-7-16-13(12)14(19)20/h5-7,9-11H,8H2,1-4H3,(H,19,20)(H2,17,18,21). The van der Waals surface area contributed by atoms with E-state index >= 15 is 0 Å². The van der Waals surface area contributed by atoms with Crippen molar-refractivity contribution in [2.24, 2.45) is 17.8 Å². The van der Waals surface area contributed by atoms with Gasteiger partial charge in [-0.3, -0.25) is 0 Å². The van der Waals surface area contributed by atoms with Crippen molar-refractivity contribution in [3.8, 4) is 0 Å². The van der Waals surface area contributed by atoms with Gasteiger partial charge in [0.05, 0.1) is 5.69 Å². The lowest BCUT2D eigenvalue weighted by Gasteiger charge is -2.25. The van der Waals surface area contributed by atoms with Crippen LogP contribution in [0.15, 0.2) is 18.3 Å².